The molecule has 2 rings (SSSR count). The zero-order chi connectivity index (χ0) is 13.3. The molecule has 1 aliphatic carbocycles. The normalized spacial score (nSPS) is 26.3. The van der Waals surface area contributed by atoms with Crippen molar-refractivity contribution in [2.24, 2.45) is 0 Å². The van der Waals surface area contributed by atoms with Crippen molar-refractivity contribution in [2.45, 2.75) is 31.4 Å². The molecule has 2 atom stereocenters. The molecule has 0 unspecified atom stereocenters. The fourth-order valence-electron chi connectivity index (χ4n) is 2.09. The molecule has 1 saturated carbocycles. The fraction of sp³-hybridized carbons (Fsp3) is 0.500. The Balaban J connectivity index is 2.01. The zero-order valence-electron chi connectivity index (χ0n) is 11.1. The van der Waals surface area contributed by atoms with Crippen molar-refractivity contribution in [3.05, 3.63) is 29.8 Å². The van der Waals surface area contributed by atoms with E-state index in [4.69, 9.17) is 0 Å². The molecule has 98 valence electrons. The summed E-state index contributed by atoms with van der Waals surface area (Å²) in [6.45, 7) is 1.76. The summed E-state index contributed by atoms with van der Waals surface area (Å²) >= 11 is 0. The van der Waals surface area contributed by atoms with Crippen LogP contribution in [0.25, 0.3) is 0 Å². The summed E-state index contributed by atoms with van der Waals surface area (Å²) in [6.07, 6.45) is 1.59. The van der Waals surface area contributed by atoms with Crippen LogP contribution < -0.4 is 10.2 Å². The molecular formula is C14H20N2O2. The highest BCUT2D eigenvalue weighted by atomic mass is 16.3. The minimum absolute atomic E-state index is 0.120. The maximum Gasteiger partial charge on any atom is 0.251 e. The van der Waals surface area contributed by atoms with E-state index in [1.165, 1.54) is 0 Å². The number of aliphatic hydroxyl groups is 1. The molecule has 0 aliphatic heterocycles. The van der Waals surface area contributed by atoms with Crippen LogP contribution in [0.2, 0.25) is 0 Å². The maximum atomic E-state index is 12.0. The van der Waals surface area contributed by atoms with Gasteiger partial charge in [0.25, 0.3) is 5.91 Å². The van der Waals surface area contributed by atoms with Gasteiger partial charge in [-0.3, -0.25) is 4.79 Å². The molecule has 0 bridgehead atoms. The van der Waals surface area contributed by atoms with Gasteiger partial charge in [-0.15, -0.1) is 0 Å². The molecular weight excluding hydrogens is 228 g/mol. The van der Waals surface area contributed by atoms with Gasteiger partial charge in [0.1, 0.15) is 0 Å². The highest BCUT2D eigenvalue weighted by Crippen LogP contribution is 2.31. The minimum atomic E-state index is -0.751. The van der Waals surface area contributed by atoms with Gasteiger partial charge in [0.2, 0.25) is 0 Å². The van der Waals surface area contributed by atoms with E-state index < -0.39 is 5.60 Å². The van der Waals surface area contributed by atoms with Crippen molar-refractivity contribution >= 4 is 11.6 Å². The summed E-state index contributed by atoms with van der Waals surface area (Å²) in [5.41, 5.74) is 0.935. The lowest BCUT2D eigenvalue weighted by Crippen LogP contribution is -2.58. The third-order valence-corrected chi connectivity index (χ3v) is 3.64. The smallest absolute Gasteiger partial charge is 0.251 e. The van der Waals surface area contributed by atoms with E-state index in [0.717, 1.165) is 18.5 Å². The first kappa shape index (κ1) is 12.9. The highest BCUT2D eigenvalue weighted by Gasteiger charge is 2.41. The van der Waals surface area contributed by atoms with Crippen LogP contribution in [-0.4, -0.2) is 36.8 Å². The predicted octanol–water partition coefficient (Wildman–Crippen LogP) is 1.40. The van der Waals surface area contributed by atoms with Crippen LogP contribution in [0.3, 0.4) is 0 Å². The molecule has 1 amide bonds. The maximum absolute atomic E-state index is 12.0. The Morgan fingerprint density at radius 1 is 1.39 bits per heavy atom. The van der Waals surface area contributed by atoms with Crippen molar-refractivity contribution in [2.75, 3.05) is 19.0 Å². The Hall–Kier alpha value is -1.55. The third-order valence-electron chi connectivity index (χ3n) is 3.64. The monoisotopic (exact) mass is 248 g/mol. The van der Waals surface area contributed by atoms with E-state index in [2.05, 4.69) is 5.32 Å². The summed E-state index contributed by atoms with van der Waals surface area (Å²) in [5.74, 6) is -0.120. The van der Waals surface area contributed by atoms with Crippen LogP contribution in [0.1, 0.15) is 30.1 Å². The average Bonchev–Trinajstić information content (AvgIpc) is 2.34. The fourth-order valence-corrected chi connectivity index (χ4v) is 2.09. The quantitative estimate of drug-likeness (QED) is 0.850. The number of carbonyl (C=O) groups is 1. The van der Waals surface area contributed by atoms with Gasteiger partial charge in [-0.1, -0.05) is 0 Å². The second kappa shape index (κ2) is 4.61. The number of nitrogens with zero attached hydrogens (tertiary/aromatic N) is 1. The number of carbonyl (C=O) groups excluding carboxylic acids is 1. The van der Waals surface area contributed by atoms with Gasteiger partial charge in [-0.25, -0.2) is 0 Å². The van der Waals surface area contributed by atoms with Crippen LogP contribution in [0.5, 0.6) is 0 Å². The van der Waals surface area contributed by atoms with E-state index in [9.17, 15) is 9.90 Å². The predicted molar refractivity (Wildman–Crippen MR) is 71.9 cm³/mol. The topological polar surface area (TPSA) is 52.6 Å². The van der Waals surface area contributed by atoms with Crippen LogP contribution in [0.4, 0.5) is 5.69 Å². The number of rotatable bonds is 3. The molecule has 1 aromatic rings. The van der Waals surface area contributed by atoms with Crippen LogP contribution in [0, 0.1) is 0 Å². The molecule has 2 N–H and O–H groups in total. The zero-order valence-corrected chi connectivity index (χ0v) is 11.1. The summed E-state index contributed by atoms with van der Waals surface area (Å²) in [5, 5.41) is 12.7. The molecule has 0 saturated heterocycles. The highest BCUT2D eigenvalue weighted by molar-refractivity contribution is 5.94. The van der Waals surface area contributed by atoms with Crippen LogP contribution in [-0.2, 0) is 0 Å². The standard InChI is InChI=1S/C14H20N2O2/c1-14(18)9-8-12(14)15-13(17)10-4-6-11(7-5-10)16(2)3/h4-7,12,18H,8-9H2,1-3H3,(H,15,17)/t12-,14-/m1/s1. The molecule has 18 heavy (non-hydrogen) atoms. The number of anilines is 1. The van der Waals surface area contributed by atoms with Crippen molar-refractivity contribution in [3.63, 3.8) is 0 Å². The number of nitrogens with one attached hydrogen (secondary N) is 1. The number of benzene rings is 1. The van der Waals surface area contributed by atoms with Gasteiger partial charge >= 0.3 is 0 Å². The second-order valence-electron chi connectivity index (χ2n) is 5.36. The second-order valence-corrected chi connectivity index (χ2v) is 5.36. The van der Waals surface area contributed by atoms with E-state index in [1.807, 2.05) is 31.1 Å². The van der Waals surface area contributed by atoms with Gasteiger partial charge in [0.05, 0.1) is 11.6 Å². The number of hydrogen-bond acceptors (Lipinski definition) is 3. The third kappa shape index (κ3) is 2.48. The van der Waals surface area contributed by atoms with Gasteiger partial charge in [0, 0.05) is 25.3 Å². The molecule has 4 nitrogen and oxygen atoms in total. The molecule has 1 fully saturated rings. The summed E-state index contributed by atoms with van der Waals surface area (Å²) < 4.78 is 0. The van der Waals surface area contributed by atoms with Gasteiger partial charge in [-0.05, 0) is 44.0 Å². The lowest BCUT2D eigenvalue weighted by atomic mass is 9.76. The van der Waals surface area contributed by atoms with E-state index in [0.29, 0.717) is 5.56 Å². The van der Waals surface area contributed by atoms with Crippen molar-refractivity contribution in [1.82, 2.24) is 5.32 Å². The molecule has 0 radical (unpaired) electrons. The van der Waals surface area contributed by atoms with Crippen molar-refractivity contribution in [3.8, 4) is 0 Å². The molecule has 0 heterocycles. The molecule has 0 spiro atoms. The Morgan fingerprint density at radius 3 is 2.39 bits per heavy atom. The van der Waals surface area contributed by atoms with Gasteiger partial charge in [-0.2, -0.15) is 0 Å². The Labute approximate surface area is 108 Å². The number of amides is 1. The van der Waals surface area contributed by atoms with Crippen molar-refractivity contribution < 1.29 is 9.90 Å². The molecule has 1 aliphatic rings. The molecule has 1 aromatic carbocycles. The van der Waals surface area contributed by atoms with E-state index in [-0.39, 0.29) is 11.9 Å². The lowest BCUT2D eigenvalue weighted by Gasteiger charge is -2.42. The number of hydrogen-bond donors (Lipinski definition) is 2. The summed E-state index contributed by atoms with van der Waals surface area (Å²) in [4.78, 5) is 14.0. The van der Waals surface area contributed by atoms with Crippen LogP contribution >= 0.6 is 0 Å². The Bertz CT molecular complexity index is 438. The SMILES string of the molecule is CN(C)c1ccc(C(=O)N[C@@H]2CC[C@@]2(C)O)cc1. The average molecular weight is 248 g/mol. The Kier molecular flexibility index (Phi) is 3.30. The first-order chi connectivity index (χ1) is 8.40. The first-order valence-corrected chi connectivity index (χ1v) is 6.21. The lowest BCUT2D eigenvalue weighted by molar-refractivity contribution is -0.0486. The van der Waals surface area contributed by atoms with Gasteiger partial charge in [0.15, 0.2) is 0 Å². The largest absolute Gasteiger partial charge is 0.388 e. The Morgan fingerprint density at radius 2 is 2.00 bits per heavy atom. The van der Waals surface area contributed by atoms with Crippen molar-refractivity contribution in [1.29, 1.82) is 0 Å². The molecule has 4 heteroatoms. The first-order valence-electron chi connectivity index (χ1n) is 6.21. The van der Waals surface area contributed by atoms with Crippen LogP contribution in [0.15, 0.2) is 24.3 Å². The summed E-state index contributed by atoms with van der Waals surface area (Å²) in [6, 6.07) is 7.30. The summed E-state index contributed by atoms with van der Waals surface area (Å²) in [7, 11) is 3.92. The van der Waals surface area contributed by atoms with E-state index in [1.54, 1.807) is 19.1 Å². The van der Waals surface area contributed by atoms with Gasteiger partial charge < -0.3 is 15.3 Å². The van der Waals surface area contributed by atoms with E-state index >= 15 is 0 Å². The molecule has 0 aromatic heterocycles. The minimum Gasteiger partial charge on any atom is -0.388 e.